The molecule has 0 saturated carbocycles. The summed E-state index contributed by atoms with van der Waals surface area (Å²) < 4.78 is 10.6. The molecule has 0 aliphatic carbocycles. The largest absolute Gasteiger partial charge is 0.496 e. The monoisotopic (exact) mass is 285 g/mol. The van der Waals surface area contributed by atoms with E-state index in [1.807, 2.05) is 23.1 Å². The minimum atomic E-state index is -0.0163. The molecule has 1 aliphatic heterocycles. The molecule has 1 saturated heterocycles. The topological polar surface area (TPSA) is 42.7 Å². The van der Waals surface area contributed by atoms with Crippen LogP contribution >= 0.6 is 0 Å². The third kappa shape index (κ3) is 2.79. The Kier molecular flexibility index (Phi) is 3.95. The molecule has 1 aliphatic rings. The quantitative estimate of drug-likeness (QED) is 0.866. The molecular weight excluding hydrogens is 266 g/mol. The highest BCUT2D eigenvalue weighted by Crippen LogP contribution is 2.27. The predicted octanol–water partition coefficient (Wildman–Crippen LogP) is 3.14. The first-order chi connectivity index (χ1) is 10.3. The van der Waals surface area contributed by atoms with E-state index >= 15 is 0 Å². The van der Waals surface area contributed by atoms with E-state index in [9.17, 15) is 4.79 Å². The Balaban J connectivity index is 1.77. The van der Waals surface area contributed by atoms with Gasteiger partial charge in [-0.25, -0.2) is 0 Å². The number of hydrogen-bond acceptors (Lipinski definition) is 3. The molecule has 4 nitrogen and oxygen atoms in total. The first-order valence-electron chi connectivity index (χ1n) is 7.26. The van der Waals surface area contributed by atoms with E-state index in [-0.39, 0.29) is 11.9 Å². The number of methoxy groups -OCH3 is 1. The Bertz CT molecular complexity index is 606. The molecule has 1 atom stereocenters. The SMILES string of the molecule is COc1ccccc1CC1CCCN1C(=O)c1ccco1. The Morgan fingerprint density at radius 3 is 2.95 bits per heavy atom. The zero-order valence-electron chi connectivity index (χ0n) is 12.1. The Labute approximate surface area is 124 Å². The van der Waals surface area contributed by atoms with E-state index < -0.39 is 0 Å². The van der Waals surface area contributed by atoms with Gasteiger partial charge in [0.25, 0.3) is 5.91 Å². The van der Waals surface area contributed by atoms with Gasteiger partial charge in [-0.1, -0.05) is 18.2 Å². The highest BCUT2D eigenvalue weighted by Gasteiger charge is 2.31. The van der Waals surface area contributed by atoms with Gasteiger partial charge >= 0.3 is 0 Å². The highest BCUT2D eigenvalue weighted by atomic mass is 16.5. The molecule has 1 amide bonds. The summed E-state index contributed by atoms with van der Waals surface area (Å²) in [5.74, 6) is 1.29. The molecule has 110 valence electrons. The van der Waals surface area contributed by atoms with Crippen LogP contribution in [0.5, 0.6) is 5.75 Å². The molecule has 0 radical (unpaired) electrons. The maximum Gasteiger partial charge on any atom is 0.289 e. The van der Waals surface area contributed by atoms with Crippen molar-refractivity contribution in [3.8, 4) is 5.75 Å². The fourth-order valence-electron chi connectivity index (χ4n) is 2.98. The molecule has 0 bridgehead atoms. The lowest BCUT2D eigenvalue weighted by Crippen LogP contribution is -2.36. The Morgan fingerprint density at radius 1 is 1.33 bits per heavy atom. The number of carbonyl (C=O) groups is 1. The van der Waals surface area contributed by atoms with Crippen molar-refractivity contribution in [3.63, 3.8) is 0 Å². The number of benzene rings is 1. The van der Waals surface area contributed by atoms with Crippen LogP contribution in [0.1, 0.15) is 29.0 Å². The molecular formula is C17H19NO3. The van der Waals surface area contributed by atoms with E-state index in [1.165, 1.54) is 0 Å². The van der Waals surface area contributed by atoms with Gasteiger partial charge in [0, 0.05) is 12.6 Å². The molecule has 0 N–H and O–H groups in total. The first kappa shape index (κ1) is 13.7. The summed E-state index contributed by atoms with van der Waals surface area (Å²) in [7, 11) is 1.68. The van der Waals surface area contributed by atoms with Gasteiger partial charge in [0.1, 0.15) is 5.75 Å². The predicted molar refractivity (Wildman–Crippen MR) is 79.5 cm³/mol. The molecule has 3 rings (SSSR count). The third-order valence-corrected chi connectivity index (χ3v) is 4.02. The highest BCUT2D eigenvalue weighted by molar-refractivity contribution is 5.91. The molecule has 1 fully saturated rings. The Hall–Kier alpha value is -2.23. The lowest BCUT2D eigenvalue weighted by atomic mass is 10.0. The van der Waals surface area contributed by atoms with Crippen LogP contribution in [-0.4, -0.2) is 30.5 Å². The smallest absolute Gasteiger partial charge is 0.289 e. The van der Waals surface area contributed by atoms with Crippen LogP contribution in [-0.2, 0) is 6.42 Å². The number of likely N-dealkylation sites (tertiary alicyclic amines) is 1. The number of nitrogens with zero attached hydrogens (tertiary/aromatic N) is 1. The second kappa shape index (κ2) is 6.04. The molecule has 0 spiro atoms. The fourth-order valence-corrected chi connectivity index (χ4v) is 2.98. The average Bonchev–Trinajstić information content (AvgIpc) is 3.18. The lowest BCUT2D eigenvalue weighted by Gasteiger charge is -2.24. The number of amides is 1. The minimum Gasteiger partial charge on any atom is -0.496 e. The van der Waals surface area contributed by atoms with Crippen molar-refractivity contribution < 1.29 is 13.9 Å². The second-order valence-electron chi connectivity index (χ2n) is 5.29. The van der Waals surface area contributed by atoms with Gasteiger partial charge in [0.2, 0.25) is 0 Å². The summed E-state index contributed by atoms with van der Waals surface area (Å²) in [5, 5.41) is 0. The van der Waals surface area contributed by atoms with Crippen molar-refractivity contribution >= 4 is 5.91 Å². The van der Waals surface area contributed by atoms with Crippen molar-refractivity contribution in [2.24, 2.45) is 0 Å². The van der Waals surface area contributed by atoms with Gasteiger partial charge < -0.3 is 14.1 Å². The normalized spacial score (nSPS) is 18.0. The molecule has 1 aromatic heterocycles. The average molecular weight is 285 g/mol. The van der Waals surface area contributed by atoms with Crippen LogP contribution in [0.2, 0.25) is 0 Å². The van der Waals surface area contributed by atoms with Gasteiger partial charge in [0.05, 0.1) is 13.4 Å². The van der Waals surface area contributed by atoms with Crippen LogP contribution in [0.15, 0.2) is 47.1 Å². The Morgan fingerprint density at radius 2 is 2.19 bits per heavy atom. The number of para-hydroxylation sites is 1. The molecule has 4 heteroatoms. The van der Waals surface area contributed by atoms with Gasteiger partial charge in [0.15, 0.2) is 5.76 Å². The van der Waals surface area contributed by atoms with Crippen LogP contribution in [0, 0.1) is 0 Å². The van der Waals surface area contributed by atoms with Gasteiger partial charge in [-0.3, -0.25) is 4.79 Å². The van der Waals surface area contributed by atoms with E-state index in [1.54, 1.807) is 25.5 Å². The van der Waals surface area contributed by atoms with Crippen molar-refractivity contribution in [3.05, 3.63) is 54.0 Å². The van der Waals surface area contributed by atoms with Crippen LogP contribution in [0.25, 0.3) is 0 Å². The molecule has 21 heavy (non-hydrogen) atoms. The fraction of sp³-hybridized carbons (Fsp3) is 0.353. The number of hydrogen-bond donors (Lipinski definition) is 0. The molecule has 1 unspecified atom stereocenters. The zero-order chi connectivity index (χ0) is 14.7. The second-order valence-corrected chi connectivity index (χ2v) is 5.29. The van der Waals surface area contributed by atoms with Crippen molar-refractivity contribution in [2.45, 2.75) is 25.3 Å². The zero-order valence-corrected chi connectivity index (χ0v) is 12.1. The lowest BCUT2D eigenvalue weighted by molar-refractivity contribution is 0.0703. The number of rotatable bonds is 4. The molecule has 2 aromatic rings. The van der Waals surface area contributed by atoms with E-state index in [2.05, 4.69) is 6.07 Å². The van der Waals surface area contributed by atoms with Gasteiger partial charge in [-0.2, -0.15) is 0 Å². The summed E-state index contributed by atoms with van der Waals surface area (Å²) in [4.78, 5) is 14.4. The summed E-state index contributed by atoms with van der Waals surface area (Å²) >= 11 is 0. The summed E-state index contributed by atoms with van der Waals surface area (Å²) in [6, 6.07) is 11.7. The van der Waals surface area contributed by atoms with Crippen LogP contribution in [0.3, 0.4) is 0 Å². The van der Waals surface area contributed by atoms with E-state index in [0.717, 1.165) is 37.1 Å². The third-order valence-electron chi connectivity index (χ3n) is 4.02. The van der Waals surface area contributed by atoms with Crippen molar-refractivity contribution in [1.29, 1.82) is 0 Å². The van der Waals surface area contributed by atoms with Crippen molar-refractivity contribution in [1.82, 2.24) is 4.90 Å². The van der Waals surface area contributed by atoms with E-state index in [4.69, 9.17) is 9.15 Å². The maximum atomic E-state index is 12.5. The number of carbonyl (C=O) groups excluding carboxylic acids is 1. The standard InChI is InChI=1S/C17H19NO3/c1-20-15-8-3-2-6-13(15)12-14-7-4-10-18(14)17(19)16-9-5-11-21-16/h2-3,5-6,8-9,11,14H,4,7,10,12H2,1H3. The number of ether oxygens (including phenoxy) is 1. The van der Waals surface area contributed by atoms with Crippen LogP contribution < -0.4 is 4.74 Å². The van der Waals surface area contributed by atoms with E-state index in [0.29, 0.717) is 5.76 Å². The summed E-state index contributed by atoms with van der Waals surface area (Å²) in [6.45, 7) is 0.791. The molecule has 1 aromatic carbocycles. The van der Waals surface area contributed by atoms with Gasteiger partial charge in [-0.05, 0) is 43.0 Å². The maximum absolute atomic E-state index is 12.5. The molecule has 2 heterocycles. The summed E-state index contributed by atoms with van der Waals surface area (Å²) in [5.41, 5.74) is 1.14. The van der Waals surface area contributed by atoms with Crippen LogP contribution in [0.4, 0.5) is 0 Å². The first-order valence-corrected chi connectivity index (χ1v) is 7.26. The number of furan rings is 1. The van der Waals surface area contributed by atoms with Gasteiger partial charge in [-0.15, -0.1) is 0 Å². The summed E-state index contributed by atoms with van der Waals surface area (Å²) in [6.07, 6.45) is 4.41. The minimum absolute atomic E-state index is 0.0163. The van der Waals surface area contributed by atoms with Crippen molar-refractivity contribution in [2.75, 3.05) is 13.7 Å².